The van der Waals surface area contributed by atoms with Gasteiger partial charge in [-0.25, -0.2) is 0 Å². The molecule has 0 fully saturated rings. The van der Waals surface area contributed by atoms with Gasteiger partial charge in [0.05, 0.1) is 6.04 Å². The van der Waals surface area contributed by atoms with Gasteiger partial charge in [0.1, 0.15) is 0 Å². The van der Waals surface area contributed by atoms with Crippen LogP contribution in [0.5, 0.6) is 0 Å². The molecule has 0 aromatic heterocycles. The number of thiocarbonyl (C=S) groups is 1. The minimum atomic E-state index is 0.157. The third kappa shape index (κ3) is 6.76. The SMILES string of the molecule is CCOCCCNC(=S)NC(C)c1ccc(Cl)cc1. The van der Waals surface area contributed by atoms with E-state index >= 15 is 0 Å². The first kappa shape index (κ1) is 16.2. The average molecular weight is 301 g/mol. The van der Waals surface area contributed by atoms with Gasteiger partial charge in [0.2, 0.25) is 0 Å². The molecule has 0 saturated carbocycles. The van der Waals surface area contributed by atoms with Gasteiger partial charge < -0.3 is 15.4 Å². The zero-order valence-corrected chi connectivity index (χ0v) is 13.0. The number of nitrogens with one attached hydrogen (secondary N) is 2. The predicted molar refractivity (Wildman–Crippen MR) is 84.7 cm³/mol. The molecule has 0 aliphatic rings. The second-order valence-electron chi connectivity index (χ2n) is 4.22. The summed E-state index contributed by atoms with van der Waals surface area (Å²) < 4.78 is 5.26. The van der Waals surface area contributed by atoms with E-state index in [0.29, 0.717) is 5.11 Å². The molecule has 0 spiro atoms. The Balaban J connectivity index is 2.26. The standard InChI is InChI=1S/C14H21ClN2OS/c1-3-18-10-4-9-16-14(19)17-11(2)12-5-7-13(15)8-6-12/h5-8,11H,3-4,9-10H2,1-2H3,(H2,16,17,19). The molecule has 1 unspecified atom stereocenters. The molecule has 1 aromatic rings. The summed E-state index contributed by atoms with van der Waals surface area (Å²) in [5, 5.41) is 7.82. The summed E-state index contributed by atoms with van der Waals surface area (Å²) in [5.74, 6) is 0. The molecule has 0 heterocycles. The van der Waals surface area contributed by atoms with Crippen LogP contribution < -0.4 is 10.6 Å². The van der Waals surface area contributed by atoms with E-state index in [1.807, 2.05) is 31.2 Å². The maximum Gasteiger partial charge on any atom is 0.166 e. The van der Waals surface area contributed by atoms with Gasteiger partial charge in [-0.2, -0.15) is 0 Å². The molecular formula is C14H21ClN2OS. The predicted octanol–water partition coefficient (Wildman–Crippen LogP) is 3.29. The highest BCUT2D eigenvalue weighted by Crippen LogP contribution is 2.15. The quantitative estimate of drug-likeness (QED) is 0.598. The van der Waals surface area contributed by atoms with Crippen molar-refractivity contribution in [3.63, 3.8) is 0 Å². The zero-order valence-electron chi connectivity index (χ0n) is 11.4. The van der Waals surface area contributed by atoms with Gasteiger partial charge in [-0.1, -0.05) is 23.7 Å². The van der Waals surface area contributed by atoms with Crippen LogP contribution in [-0.2, 0) is 4.74 Å². The summed E-state index contributed by atoms with van der Waals surface area (Å²) in [6.07, 6.45) is 0.949. The van der Waals surface area contributed by atoms with Crippen molar-refractivity contribution in [3.05, 3.63) is 34.9 Å². The Labute approximate surface area is 125 Å². The lowest BCUT2D eigenvalue weighted by molar-refractivity contribution is 0.145. The molecule has 1 aromatic carbocycles. The monoisotopic (exact) mass is 300 g/mol. The van der Waals surface area contributed by atoms with Crippen LogP contribution >= 0.6 is 23.8 Å². The van der Waals surface area contributed by atoms with Gasteiger partial charge in [-0.3, -0.25) is 0 Å². The zero-order chi connectivity index (χ0) is 14.1. The first-order valence-corrected chi connectivity index (χ1v) is 7.29. The number of hydrogen-bond acceptors (Lipinski definition) is 2. The molecule has 0 amide bonds. The first-order valence-electron chi connectivity index (χ1n) is 6.51. The van der Waals surface area contributed by atoms with E-state index in [1.54, 1.807) is 0 Å². The third-order valence-electron chi connectivity index (χ3n) is 2.67. The van der Waals surface area contributed by atoms with E-state index in [9.17, 15) is 0 Å². The maximum absolute atomic E-state index is 5.86. The Kier molecular flexibility index (Phi) is 7.79. The van der Waals surface area contributed by atoms with Crippen molar-refractivity contribution in [1.29, 1.82) is 0 Å². The van der Waals surface area contributed by atoms with E-state index in [2.05, 4.69) is 17.6 Å². The lowest BCUT2D eigenvalue weighted by Gasteiger charge is -2.17. The molecule has 0 aliphatic heterocycles. The molecule has 0 saturated heterocycles. The summed E-state index contributed by atoms with van der Waals surface area (Å²) >= 11 is 11.1. The van der Waals surface area contributed by atoms with Crippen LogP contribution in [0.15, 0.2) is 24.3 Å². The number of rotatable bonds is 7. The summed E-state index contributed by atoms with van der Waals surface area (Å²) in [6.45, 7) is 6.40. The van der Waals surface area contributed by atoms with Gasteiger partial charge >= 0.3 is 0 Å². The summed E-state index contributed by atoms with van der Waals surface area (Å²) in [5.41, 5.74) is 1.16. The highest BCUT2D eigenvalue weighted by atomic mass is 35.5. The first-order chi connectivity index (χ1) is 9.13. The second kappa shape index (κ2) is 9.13. The minimum Gasteiger partial charge on any atom is -0.382 e. The average Bonchev–Trinajstić information content (AvgIpc) is 2.39. The Morgan fingerprint density at radius 3 is 2.68 bits per heavy atom. The van der Waals surface area contributed by atoms with Crippen LogP contribution in [0, 0.1) is 0 Å². The smallest absolute Gasteiger partial charge is 0.166 e. The van der Waals surface area contributed by atoms with E-state index in [4.69, 9.17) is 28.6 Å². The Morgan fingerprint density at radius 1 is 1.37 bits per heavy atom. The van der Waals surface area contributed by atoms with Crippen LogP contribution in [0.3, 0.4) is 0 Å². The fraction of sp³-hybridized carbons (Fsp3) is 0.500. The van der Waals surface area contributed by atoms with Crippen molar-refractivity contribution in [2.75, 3.05) is 19.8 Å². The van der Waals surface area contributed by atoms with Crippen molar-refractivity contribution >= 4 is 28.9 Å². The van der Waals surface area contributed by atoms with Crippen molar-refractivity contribution in [2.24, 2.45) is 0 Å². The van der Waals surface area contributed by atoms with Gasteiger partial charge in [0.15, 0.2) is 5.11 Å². The molecule has 0 bridgehead atoms. The van der Waals surface area contributed by atoms with E-state index in [-0.39, 0.29) is 6.04 Å². The highest BCUT2D eigenvalue weighted by Gasteiger charge is 2.06. The number of halogens is 1. The number of benzene rings is 1. The van der Waals surface area contributed by atoms with Crippen molar-refractivity contribution in [1.82, 2.24) is 10.6 Å². The molecule has 106 valence electrons. The van der Waals surface area contributed by atoms with Crippen LogP contribution in [0.25, 0.3) is 0 Å². The molecule has 5 heteroatoms. The molecular weight excluding hydrogens is 280 g/mol. The summed E-state index contributed by atoms with van der Waals surface area (Å²) in [7, 11) is 0. The maximum atomic E-state index is 5.86. The van der Waals surface area contributed by atoms with Gasteiger partial charge in [0.25, 0.3) is 0 Å². The molecule has 0 radical (unpaired) electrons. The topological polar surface area (TPSA) is 33.3 Å². The van der Waals surface area contributed by atoms with E-state index in [0.717, 1.165) is 36.8 Å². The van der Waals surface area contributed by atoms with Gasteiger partial charge in [0, 0.05) is 24.8 Å². The van der Waals surface area contributed by atoms with Crippen LogP contribution in [0.1, 0.15) is 31.9 Å². The lowest BCUT2D eigenvalue weighted by atomic mass is 10.1. The van der Waals surface area contributed by atoms with Gasteiger partial charge in [-0.15, -0.1) is 0 Å². The largest absolute Gasteiger partial charge is 0.382 e. The fourth-order valence-electron chi connectivity index (χ4n) is 1.60. The summed E-state index contributed by atoms with van der Waals surface area (Å²) in [4.78, 5) is 0. The Hall–Kier alpha value is -0.840. The molecule has 1 rings (SSSR count). The number of hydrogen-bond donors (Lipinski definition) is 2. The van der Waals surface area contributed by atoms with Crippen molar-refractivity contribution < 1.29 is 4.74 Å². The Morgan fingerprint density at radius 2 is 2.05 bits per heavy atom. The van der Waals surface area contributed by atoms with E-state index in [1.165, 1.54) is 0 Å². The van der Waals surface area contributed by atoms with Crippen LogP contribution in [-0.4, -0.2) is 24.9 Å². The second-order valence-corrected chi connectivity index (χ2v) is 5.07. The van der Waals surface area contributed by atoms with Crippen molar-refractivity contribution in [2.45, 2.75) is 26.3 Å². The normalized spacial score (nSPS) is 11.9. The number of ether oxygens (including phenoxy) is 1. The molecule has 0 aliphatic carbocycles. The lowest BCUT2D eigenvalue weighted by Crippen LogP contribution is -2.37. The van der Waals surface area contributed by atoms with E-state index < -0.39 is 0 Å². The highest BCUT2D eigenvalue weighted by molar-refractivity contribution is 7.80. The van der Waals surface area contributed by atoms with Crippen LogP contribution in [0.2, 0.25) is 5.02 Å². The molecule has 1 atom stereocenters. The minimum absolute atomic E-state index is 0.157. The van der Waals surface area contributed by atoms with Crippen LogP contribution in [0.4, 0.5) is 0 Å². The Bertz CT molecular complexity index is 384. The van der Waals surface area contributed by atoms with Crippen molar-refractivity contribution in [3.8, 4) is 0 Å². The molecule has 3 nitrogen and oxygen atoms in total. The third-order valence-corrected chi connectivity index (χ3v) is 3.19. The summed E-state index contributed by atoms with van der Waals surface area (Å²) in [6, 6.07) is 7.92. The fourth-order valence-corrected chi connectivity index (χ4v) is 2.01. The molecule has 2 N–H and O–H groups in total. The molecule has 19 heavy (non-hydrogen) atoms. The van der Waals surface area contributed by atoms with Gasteiger partial charge in [-0.05, 0) is 50.2 Å².